The SMILES string of the molecule is Cc1cc(Cl)ccc1OCC(=O)N/N=C\[C@H](O)[C@H](O)[C@H](O)[C@@H](C)O. The Balaban J connectivity index is 2.42. The molecule has 134 valence electrons. The first-order valence-electron chi connectivity index (χ1n) is 7.15. The van der Waals surface area contributed by atoms with E-state index in [9.17, 15) is 20.1 Å². The largest absolute Gasteiger partial charge is 0.483 e. The van der Waals surface area contributed by atoms with Crippen LogP contribution in [0.1, 0.15) is 12.5 Å². The molecular formula is C15H21ClN2O6. The standard InChI is InChI=1S/C15H21ClN2O6/c1-8-5-10(16)3-4-12(8)24-7-13(21)18-17-6-11(20)15(23)14(22)9(2)19/h3-6,9,11,14-15,19-20,22-23H,7H2,1-2H3,(H,18,21)/b17-6-/t9-,11+,14-,15+/m1/s1. The number of amides is 1. The minimum absolute atomic E-state index is 0.311. The smallest absolute Gasteiger partial charge is 0.277 e. The molecule has 4 atom stereocenters. The van der Waals surface area contributed by atoms with Crippen LogP contribution in [0.25, 0.3) is 0 Å². The number of carbonyl (C=O) groups is 1. The quantitative estimate of drug-likeness (QED) is 0.316. The van der Waals surface area contributed by atoms with Gasteiger partial charge in [0.05, 0.1) is 12.3 Å². The molecule has 1 aromatic rings. The van der Waals surface area contributed by atoms with Gasteiger partial charge in [0.2, 0.25) is 0 Å². The number of ether oxygens (including phenoxy) is 1. The van der Waals surface area contributed by atoms with Crippen molar-refractivity contribution in [3.05, 3.63) is 28.8 Å². The van der Waals surface area contributed by atoms with Gasteiger partial charge in [-0.1, -0.05) is 11.6 Å². The minimum atomic E-state index is -1.64. The summed E-state index contributed by atoms with van der Waals surface area (Å²) in [5.41, 5.74) is 2.87. The van der Waals surface area contributed by atoms with E-state index in [1.165, 1.54) is 6.92 Å². The summed E-state index contributed by atoms with van der Waals surface area (Å²) < 4.78 is 5.30. The van der Waals surface area contributed by atoms with Gasteiger partial charge in [0.1, 0.15) is 24.1 Å². The Morgan fingerprint density at radius 3 is 2.58 bits per heavy atom. The molecule has 9 heteroatoms. The van der Waals surface area contributed by atoms with Gasteiger partial charge in [0.15, 0.2) is 6.61 Å². The zero-order valence-electron chi connectivity index (χ0n) is 13.3. The Morgan fingerprint density at radius 2 is 2.00 bits per heavy atom. The van der Waals surface area contributed by atoms with Crippen LogP contribution in [0.5, 0.6) is 5.75 Å². The molecule has 0 bridgehead atoms. The summed E-state index contributed by atoms with van der Waals surface area (Å²) in [5.74, 6) is -0.0904. The highest BCUT2D eigenvalue weighted by atomic mass is 35.5. The lowest BCUT2D eigenvalue weighted by Gasteiger charge is -2.22. The molecule has 0 spiro atoms. The van der Waals surface area contributed by atoms with Crippen molar-refractivity contribution in [2.45, 2.75) is 38.3 Å². The van der Waals surface area contributed by atoms with E-state index in [0.29, 0.717) is 10.8 Å². The maximum Gasteiger partial charge on any atom is 0.277 e. The van der Waals surface area contributed by atoms with Crippen molar-refractivity contribution in [2.75, 3.05) is 6.61 Å². The summed E-state index contributed by atoms with van der Waals surface area (Å²) in [6.45, 7) is 2.73. The number of aliphatic hydroxyl groups is 4. The molecule has 0 saturated heterocycles. The van der Waals surface area contributed by atoms with Crippen molar-refractivity contribution in [1.29, 1.82) is 0 Å². The van der Waals surface area contributed by atoms with Crippen molar-refractivity contribution in [3.8, 4) is 5.75 Å². The van der Waals surface area contributed by atoms with Crippen LogP contribution in [-0.4, -0.2) is 63.6 Å². The summed E-state index contributed by atoms with van der Waals surface area (Å²) in [6.07, 6.45) is -5.14. The number of nitrogens with zero attached hydrogens (tertiary/aromatic N) is 1. The van der Waals surface area contributed by atoms with Gasteiger partial charge in [0.25, 0.3) is 5.91 Å². The molecule has 0 saturated carbocycles. The number of hydrazone groups is 1. The third-order valence-electron chi connectivity index (χ3n) is 3.11. The Kier molecular flexibility index (Phi) is 8.09. The number of nitrogens with one attached hydrogen (secondary N) is 1. The highest BCUT2D eigenvalue weighted by Crippen LogP contribution is 2.21. The minimum Gasteiger partial charge on any atom is -0.483 e. The maximum absolute atomic E-state index is 11.6. The average molecular weight is 361 g/mol. The van der Waals surface area contributed by atoms with E-state index in [2.05, 4.69) is 10.5 Å². The number of halogens is 1. The fourth-order valence-electron chi connectivity index (χ4n) is 1.71. The highest BCUT2D eigenvalue weighted by molar-refractivity contribution is 6.30. The number of rotatable bonds is 8. The molecule has 24 heavy (non-hydrogen) atoms. The van der Waals surface area contributed by atoms with E-state index < -0.39 is 30.3 Å². The second-order valence-electron chi connectivity index (χ2n) is 5.22. The van der Waals surface area contributed by atoms with Crippen LogP contribution >= 0.6 is 11.6 Å². The third kappa shape index (κ3) is 6.42. The molecule has 0 heterocycles. The fraction of sp³-hybridized carbons (Fsp3) is 0.467. The van der Waals surface area contributed by atoms with Gasteiger partial charge in [-0.2, -0.15) is 5.10 Å². The predicted octanol–water partition coefficient (Wildman–Crippen LogP) is -0.407. The summed E-state index contributed by atoms with van der Waals surface area (Å²) in [4.78, 5) is 11.6. The van der Waals surface area contributed by atoms with Gasteiger partial charge in [-0.05, 0) is 37.6 Å². The van der Waals surface area contributed by atoms with Crippen LogP contribution in [0.4, 0.5) is 0 Å². The lowest BCUT2D eigenvalue weighted by Crippen LogP contribution is -2.44. The Hall–Kier alpha value is -1.71. The molecule has 1 rings (SSSR count). The van der Waals surface area contributed by atoms with E-state index in [1.807, 2.05) is 0 Å². The predicted molar refractivity (Wildman–Crippen MR) is 88.0 cm³/mol. The number of hydrogen-bond acceptors (Lipinski definition) is 7. The molecule has 0 aliphatic rings. The molecule has 0 radical (unpaired) electrons. The van der Waals surface area contributed by atoms with Crippen molar-refractivity contribution in [1.82, 2.24) is 5.43 Å². The van der Waals surface area contributed by atoms with E-state index in [4.69, 9.17) is 21.4 Å². The van der Waals surface area contributed by atoms with Crippen LogP contribution in [0.15, 0.2) is 23.3 Å². The van der Waals surface area contributed by atoms with E-state index in [-0.39, 0.29) is 6.61 Å². The lowest BCUT2D eigenvalue weighted by atomic mass is 10.1. The summed E-state index contributed by atoms with van der Waals surface area (Å²) in [7, 11) is 0. The van der Waals surface area contributed by atoms with Crippen molar-refractivity contribution in [2.24, 2.45) is 5.10 Å². The number of benzene rings is 1. The molecule has 0 aromatic heterocycles. The lowest BCUT2D eigenvalue weighted by molar-refractivity contribution is -0.123. The summed E-state index contributed by atoms with van der Waals surface area (Å²) >= 11 is 5.81. The average Bonchev–Trinajstić information content (AvgIpc) is 2.52. The van der Waals surface area contributed by atoms with E-state index >= 15 is 0 Å². The molecule has 0 aliphatic heterocycles. The molecule has 8 nitrogen and oxygen atoms in total. The van der Waals surface area contributed by atoms with Crippen LogP contribution in [-0.2, 0) is 4.79 Å². The molecular weight excluding hydrogens is 340 g/mol. The second kappa shape index (κ2) is 9.55. The molecule has 1 amide bonds. The Bertz CT molecular complexity index is 581. The van der Waals surface area contributed by atoms with Crippen LogP contribution in [0, 0.1) is 6.92 Å². The van der Waals surface area contributed by atoms with Crippen molar-refractivity contribution < 1.29 is 30.0 Å². The van der Waals surface area contributed by atoms with Crippen LogP contribution < -0.4 is 10.2 Å². The molecule has 0 fully saturated rings. The van der Waals surface area contributed by atoms with Gasteiger partial charge in [-0.25, -0.2) is 5.43 Å². The van der Waals surface area contributed by atoms with Crippen LogP contribution in [0.2, 0.25) is 5.02 Å². The Morgan fingerprint density at radius 1 is 1.33 bits per heavy atom. The molecule has 5 N–H and O–H groups in total. The topological polar surface area (TPSA) is 132 Å². The van der Waals surface area contributed by atoms with E-state index in [0.717, 1.165) is 11.8 Å². The summed E-state index contributed by atoms with van der Waals surface area (Å²) in [6, 6.07) is 4.95. The van der Waals surface area contributed by atoms with Crippen molar-refractivity contribution in [3.63, 3.8) is 0 Å². The monoisotopic (exact) mass is 360 g/mol. The number of aryl methyl sites for hydroxylation is 1. The highest BCUT2D eigenvalue weighted by Gasteiger charge is 2.27. The van der Waals surface area contributed by atoms with Gasteiger partial charge >= 0.3 is 0 Å². The first-order valence-corrected chi connectivity index (χ1v) is 7.53. The number of hydrogen-bond donors (Lipinski definition) is 5. The van der Waals surface area contributed by atoms with Gasteiger partial charge < -0.3 is 25.2 Å². The third-order valence-corrected chi connectivity index (χ3v) is 3.34. The zero-order valence-corrected chi connectivity index (χ0v) is 14.0. The number of carbonyl (C=O) groups excluding carboxylic acids is 1. The molecule has 0 aliphatic carbocycles. The van der Waals surface area contributed by atoms with Gasteiger partial charge in [-0.15, -0.1) is 0 Å². The van der Waals surface area contributed by atoms with Gasteiger partial charge in [-0.3, -0.25) is 4.79 Å². The summed E-state index contributed by atoms with van der Waals surface area (Å²) in [5, 5.41) is 41.6. The first-order chi connectivity index (χ1) is 11.2. The second-order valence-corrected chi connectivity index (χ2v) is 5.66. The first kappa shape index (κ1) is 20.3. The van der Waals surface area contributed by atoms with Gasteiger partial charge in [0, 0.05) is 5.02 Å². The maximum atomic E-state index is 11.6. The zero-order chi connectivity index (χ0) is 18.3. The Labute approximate surface area is 144 Å². The molecule has 0 unspecified atom stereocenters. The normalized spacial score (nSPS) is 16.5. The van der Waals surface area contributed by atoms with Crippen LogP contribution in [0.3, 0.4) is 0 Å². The molecule has 1 aromatic carbocycles. The number of aliphatic hydroxyl groups excluding tert-OH is 4. The van der Waals surface area contributed by atoms with Crippen molar-refractivity contribution >= 4 is 23.7 Å². The van der Waals surface area contributed by atoms with E-state index in [1.54, 1.807) is 25.1 Å². The fourth-order valence-corrected chi connectivity index (χ4v) is 1.94.